The highest BCUT2D eigenvalue weighted by Crippen LogP contribution is 2.19. The van der Waals surface area contributed by atoms with Crippen LogP contribution in [0.25, 0.3) is 0 Å². The highest BCUT2D eigenvalue weighted by Gasteiger charge is 2.29. The van der Waals surface area contributed by atoms with Crippen molar-refractivity contribution in [2.24, 2.45) is 11.8 Å². The maximum atomic E-state index is 11.5. The quantitative estimate of drug-likeness (QED) is 0.695. The summed E-state index contributed by atoms with van der Waals surface area (Å²) in [4.78, 5) is 22.2. The van der Waals surface area contributed by atoms with Crippen LogP contribution < -0.4 is 10.6 Å². The molecule has 104 valence electrons. The second-order valence-electron chi connectivity index (χ2n) is 5.66. The van der Waals surface area contributed by atoms with Crippen LogP contribution in [0, 0.1) is 11.8 Å². The smallest absolute Gasteiger partial charge is 0.407 e. The molecule has 0 spiro atoms. The summed E-state index contributed by atoms with van der Waals surface area (Å²) >= 11 is 0. The van der Waals surface area contributed by atoms with E-state index in [9.17, 15) is 9.59 Å². The number of ether oxygens (including phenoxy) is 1. The molecule has 2 atom stereocenters. The number of aliphatic carboxylic acids is 1. The van der Waals surface area contributed by atoms with Crippen LogP contribution in [0.15, 0.2) is 0 Å². The van der Waals surface area contributed by atoms with Crippen molar-refractivity contribution in [3.05, 3.63) is 0 Å². The minimum atomic E-state index is -0.800. The van der Waals surface area contributed by atoms with E-state index in [1.807, 2.05) is 0 Å². The van der Waals surface area contributed by atoms with Crippen LogP contribution in [0.3, 0.4) is 0 Å². The summed E-state index contributed by atoms with van der Waals surface area (Å²) in [5.41, 5.74) is -0.515. The number of amides is 1. The van der Waals surface area contributed by atoms with Crippen molar-refractivity contribution in [1.29, 1.82) is 0 Å². The molecule has 3 N–H and O–H groups in total. The van der Waals surface area contributed by atoms with E-state index in [1.165, 1.54) is 0 Å². The molecular weight excluding hydrogens is 236 g/mol. The number of carbonyl (C=O) groups is 2. The molecule has 1 amide bonds. The highest BCUT2D eigenvalue weighted by atomic mass is 16.6. The topological polar surface area (TPSA) is 87.7 Å². The van der Waals surface area contributed by atoms with Gasteiger partial charge in [-0.3, -0.25) is 4.79 Å². The number of carbonyl (C=O) groups excluding carboxylic acids is 1. The molecule has 0 radical (unpaired) electrons. The highest BCUT2D eigenvalue weighted by molar-refractivity contribution is 5.68. The Kier molecular flexibility index (Phi) is 4.95. The van der Waals surface area contributed by atoms with Gasteiger partial charge in [0.1, 0.15) is 5.60 Å². The molecular formula is C12H22N2O4. The first-order chi connectivity index (χ1) is 8.28. The lowest BCUT2D eigenvalue weighted by atomic mass is 9.93. The van der Waals surface area contributed by atoms with Gasteiger partial charge in [0.25, 0.3) is 0 Å². The van der Waals surface area contributed by atoms with E-state index in [2.05, 4.69) is 10.6 Å². The summed E-state index contributed by atoms with van der Waals surface area (Å²) in [5, 5.41) is 14.6. The predicted molar refractivity (Wildman–Crippen MR) is 66.3 cm³/mol. The van der Waals surface area contributed by atoms with E-state index in [0.29, 0.717) is 13.1 Å². The maximum Gasteiger partial charge on any atom is 0.407 e. The van der Waals surface area contributed by atoms with Gasteiger partial charge in [-0.05, 0) is 45.7 Å². The normalized spacial score (nSPS) is 23.7. The second-order valence-corrected chi connectivity index (χ2v) is 5.66. The van der Waals surface area contributed by atoms with Crippen molar-refractivity contribution in [2.45, 2.75) is 32.8 Å². The van der Waals surface area contributed by atoms with Crippen molar-refractivity contribution >= 4 is 12.1 Å². The fourth-order valence-corrected chi connectivity index (χ4v) is 2.02. The molecule has 1 rings (SSSR count). The molecule has 0 aliphatic carbocycles. The lowest BCUT2D eigenvalue weighted by Crippen LogP contribution is -2.37. The van der Waals surface area contributed by atoms with Crippen LogP contribution in [0.4, 0.5) is 4.79 Å². The third-order valence-electron chi connectivity index (χ3n) is 2.82. The van der Waals surface area contributed by atoms with Gasteiger partial charge in [0, 0.05) is 13.0 Å². The van der Waals surface area contributed by atoms with Crippen molar-refractivity contribution in [2.75, 3.05) is 19.6 Å². The molecule has 1 aliphatic rings. The molecule has 0 aromatic rings. The van der Waals surface area contributed by atoms with Crippen molar-refractivity contribution in [3.63, 3.8) is 0 Å². The zero-order chi connectivity index (χ0) is 13.8. The average molecular weight is 258 g/mol. The first-order valence-corrected chi connectivity index (χ1v) is 6.17. The first-order valence-electron chi connectivity index (χ1n) is 6.17. The molecule has 0 bridgehead atoms. The van der Waals surface area contributed by atoms with Gasteiger partial charge < -0.3 is 20.5 Å². The summed E-state index contributed by atoms with van der Waals surface area (Å²) in [6, 6.07) is 0. The van der Waals surface area contributed by atoms with Gasteiger partial charge in [0.05, 0.1) is 0 Å². The number of carboxylic acids is 1. The third-order valence-corrected chi connectivity index (χ3v) is 2.82. The second kappa shape index (κ2) is 6.04. The minimum Gasteiger partial charge on any atom is -0.481 e. The molecule has 0 aromatic carbocycles. The standard InChI is InChI=1S/C12H22N2O4/c1-12(2,3)18-11(17)14-7-9-6-13-5-8(9)4-10(15)16/h8-9,13H,4-7H2,1-3H3,(H,14,17)(H,15,16)/t8-,9-/m0/s1. The molecule has 18 heavy (non-hydrogen) atoms. The van der Waals surface area contributed by atoms with Crippen molar-refractivity contribution in [1.82, 2.24) is 10.6 Å². The molecule has 6 nitrogen and oxygen atoms in total. The molecule has 0 aromatic heterocycles. The van der Waals surface area contributed by atoms with Crippen molar-refractivity contribution in [3.8, 4) is 0 Å². The van der Waals surface area contributed by atoms with Crippen LogP contribution in [-0.2, 0) is 9.53 Å². The Morgan fingerprint density at radius 2 is 1.94 bits per heavy atom. The maximum absolute atomic E-state index is 11.5. The first kappa shape index (κ1) is 14.8. The largest absolute Gasteiger partial charge is 0.481 e. The Balaban J connectivity index is 2.34. The monoisotopic (exact) mass is 258 g/mol. The Labute approximate surface area is 107 Å². The zero-order valence-electron chi connectivity index (χ0n) is 11.2. The van der Waals surface area contributed by atoms with Gasteiger partial charge in [-0.15, -0.1) is 0 Å². The van der Waals surface area contributed by atoms with Gasteiger partial charge in [0.15, 0.2) is 0 Å². The molecule has 1 aliphatic heterocycles. The number of rotatable bonds is 4. The van der Waals surface area contributed by atoms with E-state index in [0.717, 1.165) is 6.54 Å². The van der Waals surface area contributed by atoms with Crippen LogP contribution in [0.2, 0.25) is 0 Å². The molecule has 6 heteroatoms. The van der Waals surface area contributed by atoms with Crippen LogP contribution in [0.5, 0.6) is 0 Å². The lowest BCUT2D eigenvalue weighted by Gasteiger charge is -2.22. The number of nitrogens with one attached hydrogen (secondary N) is 2. The lowest BCUT2D eigenvalue weighted by molar-refractivity contribution is -0.138. The Morgan fingerprint density at radius 1 is 1.33 bits per heavy atom. The summed E-state index contributed by atoms with van der Waals surface area (Å²) in [7, 11) is 0. The van der Waals surface area contributed by atoms with Gasteiger partial charge in [-0.1, -0.05) is 0 Å². The predicted octanol–water partition coefficient (Wildman–Crippen LogP) is 0.821. The number of hydrogen-bond donors (Lipinski definition) is 3. The van der Waals surface area contributed by atoms with Crippen LogP contribution >= 0.6 is 0 Å². The molecule has 0 saturated carbocycles. The van der Waals surface area contributed by atoms with Gasteiger partial charge in [0.2, 0.25) is 0 Å². The van der Waals surface area contributed by atoms with Gasteiger partial charge in [-0.2, -0.15) is 0 Å². The fourth-order valence-electron chi connectivity index (χ4n) is 2.02. The van der Waals surface area contributed by atoms with E-state index in [1.54, 1.807) is 20.8 Å². The molecule has 1 saturated heterocycles. The average Bonchev–Trinajstić information content (AvgIpc) is 2.58. The molecule has 1 fully saturated rings. The van der Waals surface area contributed by atoms with Gasteiger partial charge in [-0.25, -0.2) is 4.79 Å². The Morgan fingerprint density at radius 3 is 2.50 bits per heavy atom. The zero-order valence-corrected chi connectivity index (χ0v) is 11.2. The van der Waals surface area contributed by atoms with Crippen LogP contribution in [0.1, 0.15) is 27.2 Å². The number of carboxylic acid groups (broad SMARTS) is 1. The minimum absolute atomic E-state index is 0.0671. The summed E-state index contributed by atoms with van der Waals surface area (Å²) < 4.78 is 5.13. The summed E-state index contributed by atoms with van der Waals surface area (Å²) in [6.07, 6.45) is -0.323. The fraction of sp³-hybridized carbons (Fsp3) is 0.833. The molecule has 0 unspecified atom stereocenters. The van der Waals surface area contributed by atoms with E-state index < -0.39 is 17.7 Å². The SMILES string of the molecule is CC(C)(C)OC(=O)NC[C@@H]1CNC[C@@H]1CC(=O)O. The van der Waals surface area contributed by atoms with Gasteiger partial charge >= 0.3 is 12.1 Å². The van der Waals surface area contributed by atoms with E-state index in [4.69, 9.17) is 9.84 Å². The Hall–Kier alpha value is -1.30. The van der Waals surface area contributed by atoms with E-state index >= 15 is 0 Å². The molecule has 1 heterocycles. The number of hydrogen-bond acceptors (Lipinski definition) is 4. The summed E-state index contributed by atoms with van der Waals surface area (Å²) in [5.74, 6) is -0.586. The van der Waals surface area contributed by atoms with Crippen molar-refractivity contribution < 1.29 is 19.4 Å². The Bertz CT molecular complexity index is 312. The third kappa shape index (κ3) is 5.35. The van der Waals surface area contributed by atoms with E-state index in [-0.39, 0.29) is 18.3 Å². The van der Waals surface area contributed by atoms with Crippen LogP contribution in [-0.4, -0.2) is 42.4 Å². The summed E-state index contributed by atoms with van der Waals surface area (Å²) in [6.45, 7) is 7.27. The number of alkyl carbamates (subject to hydrolysis) is 1.